The van der Waals surface area contributed by atoms with E-state index in [1.807, 2.05) is 32.9 Å². The van der Waals surface area contributed by atoms with Gasteiger partial charge >= 0.3 is 0 Å². The van der Waals surface area contributed by atoms with Crippen molar-refractivity contribution in [3.8, 4) is 11.1 Å². The van der Waals surface area contributed by atoms with E-state index in [4.69, 9.17) is 4.74 Å². The fourth-order valence-electron chi connectivity index (χ4n) is 6.74. The Hall–Kier alpha value is -3.42. The lowest BCUT2D eigenvalue weighted by molar-refractivity contribution is 0.0846. The Bertz CT molecular complexity index is 1520. The minimum atomic E-state index is -0.165. The van der Waals surface area contributed by atoms with E-state index in [1.54, 1.807) is 0 Å². The molecule has 228 valence electrons. The van der Waals surface area contributed by atoms with E-state index in [-0.39, 0.29) is 18.0 Å². The molecule has 1 aromatic heterocycles. The number of carbonyl (C=O) groups is 1. The molecular formula is C36H46N4O3. The molecular weight excluding hydrogens is 536 g/mol. The zero-order valence-corrected chi connectivity index (χ0v) is 26.1. The van der Waals surface area contributed by atoms with Gasteiger partial charge in [-0.1, -0.05) is 24.3 Å². The van der Waals surface area contributed by atoms with Crippen molar-refractivity contribution in [2.24, 2.45) is 5.92 Å². The molecule has 7 nitrogen and oxygen atoms in total. The number of ether oxygens (including phenoxy) is 1. The van der Waals surface area contributed by atoms with Crippen molar-refractivity contribution in [3.63, 3.8) is 0 Å². The summed E-state index contributed by atoms with van der Waals surface area (Å²) < 4.78 is 5.67. The second kappa shape index (κ2) is 12.7. The molecule has 3 N–H and O–H groups in total. The average Bonchev–Trinajstić information content (AvgIpc) is 3.93. The van der Waals surface area contributed by atoms with Gasteiger partial charge in [0.05, 0.1) is 0 Å². The van der Waals surface area contributed by atoms with Crippen molar-refractivity contribution in [1.29, 1.82) is 0 Å². The summed E-state index contributed by atoms with van der Waals surface area (Å²) in [4.78, 5) is 31.7. The van der Waals surface area contributed by atoms with Gasteiger partial charge in [-0.3, -0.25) is 9.59 Å². The van der Waals surface area contributed by atoms with Gasteiger partial charge in [0.1, 0.15) is 0 Å². The lowest BCUT2D eigenvalue weighted by Crippen LogP contribution is -2.40. The molecule has 0 radical (unpaired) electrons. The fraction of sp³-hybridized carbons (Fsp3) is 0.500. The van der Waals surface area contributed by atoms with E-state index in [9.17, 15) is 9.59 Å². The summed E-state index contributed by atoms with van der Waals surface area (Å²) in [6, 6.07) is 16.1. The predicted octanol–water partition coefficient (Wildman–Crippen LogP) is 5.76. The third-order valence-electron chi connectivity index (χ3n) is 9.65. The summed E-state index contributed by atoms with van der Waals surface area (Å²) >= 11 is 0. The SMILES string of the molecule is CCN(c1cc(-c2ccc([C@@H]3C[C@H]3NCC3CC3)cc2)cc(C(=O)NCc2c(C)cc(C)[nH]c2=O)c1C)C1CCOCC1. The van der Waals surface area contributed by atoms with E-state index in [0.29, 0.717) is 29.1 Å². The van der Waals surface area contributed by atoms with E-state index in [2.05, 4.69) is 57.8 Å². The summed E-state index contributed by atoms with van der Waals surface area (Å²) in [5, 5.41) is 6.81. The minimum Gasteiger partial charge on any atom is -0.381 e. The van der Waals surface area contributed by atoms with Gasteiger partial charge < -0.3 is 25.3 Å². The van der Waals surface area contributed by atoms with Crippen molar-refractivity contribution in [3.05, 3.63) is 86.3 Å². The van der Waals surface area contributed by atoms with Gasteiger partial charge in [0.2, 0.25) is 0 Å². The number of aromatic amines is 1. The Morgan fingerprint density at radius 3 is 2.42 bits per heavy atom. The van der Waals surface area contributed by atoms with E-state index >= 15 is 0 Å². The molecule has 2 aliphatic carbocycles. The maximum Gasteiger partial charge on any atom is 0.253 e. The van der Waals surface area contributed by atoms with Crippen LogP contribution in [0.25, 0.3) is 11.1 Å². The molecule has 1 aliphatic heterocycles. The number of anilines is 1. The maximum atomic E-state index is 13.8. The molecule has 2 saturated carbocycles. The minimum absolute atomic E-state index is 0.152. The number of H-pyrrole nitrogens is 1. The highest BCUT2D eigenvalue weighted by molar-refractivity contribution is 5.99. The summed E-state index contributed by atoms with van der Waals surface area (Å²) in [6.07, 6.45) is 5.92. The van der Waals surface area contributed by atoms with Gasteiger partial charge in [-0.05, 0) is 118 Å². The van der Waals surface area contributed by atoms with Crippen LogP contribution in [-0.2, 0) is 11.3 Å². The van der Waals surface area contributed by atoms with Gasteiger partial charge in [0.25, 0.3) is 11.5 Å². The van der Waals surface area contributed by atoms with Crippen molar-refractivity contribution >= 4 is 11.6 Å². The molecule has 2 atom stereocenters. The lowest BCUT2D eigenvalue weighted by Gasteiger charge is -2.37. The van der Waals surface area contributed by atoms with E-state index < -0.39 is 0 Å². The monoisotopic (exact) mass is 582 g/mol. The second-order valence-corrected chi connectivity index (χ2v) is 12.8. The van der Waals surface area contributed by atoms with Crippen molar-refractivity contribution in [2.75, 3.05) is 31.2 Å². The van der Waals surface area contributed by atoms with Crippen LogP contribution in [-0.4, -0.2) is 49.3 Å². The number of aryl methyl sites for hydroxylation is 2. The van der Waals surface area contributed by atoms with Crippen LogP contribution < -0.4 is 21.1 Å². The molecule has 1 amide bonds. The van der Waals surface area contributed by atoms with Crippen molar-refractivity contribution < 1.29 is 9.53 Å². The number of hydrogen-bond acceptors (Lipinski definition) is 5. The van der Waals surface area contributed by atoms with Crippen LogP contribution >= 0.6 is 0 Å². The van der Waals surface area contributed by atoms with Gasteiger partial charge in [-0.25, -0.2) is 0 Å². The zero-order valence-electron chi connectivity index (χ0n) is 26.1. The first-order chi connectivity index (χ1) is 20.8. The Morgan fingerprint density at radius 1 is 1.00 bits per heavy atom. The van der Waals surface area contributed by atoms with Crippen LogP contribution in [0, 0.1) is 26.7 Å². The summed E-state index contributed by atoms with van der Waals surface area (Å²) in [7, 11) is 0. The number of amides is 1. The van der Waals surface area contributed by atoms with E-state index in [1.165, 1.54) is 24.8 Å². The molecule has 7 heteroatoms. The molecule has 43 heavy (non-hydrogen) atoms. The zero-order chi connectivity index (χ0) is 30.1. The van der Waals surface area contributed by atoms with Gasteiger partial charge in [0, 0.05) is 66.8 Å². The van der Waals surface area contributed by atoms with Crippen molar-refractivity contribution in [2.45, 2.75) is 84.3 Å². The standard InChI is InChI=1S/C36H46N4O3/c1-5-40(29-12-14-43-15-13-29)34-18-28(26-8-10-27(11-9-26)31-19-33(31)37-20-25-6-7-25)17-30(24(34)4)35(41)38-21-32-22(2)16-23(3)39-36(32)42/h8-11,16-18,25,29,31,33,37H,5-7,12-15,19-21H2,1-4H3,(H,38,41)(H,39,42)/t31-,33+/m0/s1. The molecule has 6 rings (SSSR count). The molecule has 1 saturated heterocycles. The molecule has 0 spiro atoms. The average molecular weight is 583 g/mol. The topological polar surface area (TPSA) is 86.5 Å². The number of nitrogens with one attached hydrogen (secondary N) is 3. The molecule has 0 unspecified atom stereocenters. The predicted molar refractivity (Wildman–Crippen MR) is 173 cm³/mol. The summed E-state index contributed by atoms with van der Waals surface area (Å²) in [6.45, 7) is 11.7. The number of pyridine rings is 1. The van der Waals surface area contributed by atoms with Crippen LogP contribution in [0.3, 0.4) is 0 Å². The van der Waals surface area contributed by atoms with Crippen LogP contribution in [0.4, 0.5) is 5.69 Å². The Morgan fingerprint density at radius 2 is 1.74 bits per heavy atom. The number of carbonyl (C=O) groups excluding carboxylic acids is 1. The van der Waals surface area contributed by atoms with Gasteiger partial charge in [-0.15, -0.1) is 0 Å². The Kier molecular flexibility index (Phi) is 8.73. The fourth-order valence-corrected chi connectivity index (χ4v) is 6.74. The molecule has 3 aliphatic rings. The molecule has 0 bridgehead atoms. The normalized spacial score (nSPS) is 20.2. The summed E-state index contributed by atoms with van der Waals surface area (Å²) in [5.41, 5.74) is 8.37. The third-order valence-corrected chi connectivity index (χ3v) is 9.65. The quantitative estimate of drug-likeness (QED) is 0.268. The highest BCUT2D eigenvalue weighted by Gasteiger charge is 2.39. The highest BCUT2D eigenvalue weighted by Crippen LogP contribution is 2.42. The maximum absolute atomic E-state index is 13.8. The number of aromatic nitrogens is 1. The number of rotatable bonds is 11. The molecule has 2 aromatic carbocycles. The third kappa shape index (κ3) is 6.73. The first-order valence-corrected chi connectivity index (χ1v) is 16.1. The van der Waals surface area contributed by atoms with Crippen LogP contribution in [0.2, 0.25) is 0 Å². The van der Waals surface area contributed by atoms with Gasteiger partial charge in [0.15, 0.2) is 0 Å². The Balaban J connectivity index is 1.28. The molecule has 3 aromatic rings. The number of hydrogen-bond donors (Lipinski definition) is 3. The van der Waals surface area contributed by atoms with Crippen LogP contribution in [0.15, 0.2) is 47.3 Å². The molecule has 2 heterocycles. The Labute approximate surface area is 255 Å². The van der Waals surface area contributed by atoms with Crippen LogP contribution in [0.1, 0.15) is 83.3 Å². The first kappa shape index (κ1) is 29.6. The van der Waals surface area contributed by atoms with Crippen molar-refractivity contribution in [1.82, 2.24) is 15.6 Å². The lowest BCUT2D eigenvalue weighted by atomic mass is 9.94. The highest BCUT2D eigenvalue weighted by atomic mass is 16.5. The number of nitrogens with zero attached hydrogens (tertiary/aromatic N) is 1. The first-order valence-electron chi connectivity index (χ1n) is 16.1. The largest absolute Gasteiger partial charge is 0.381 e. The van der Waals surface area contributed by atoms with Gasteiger partial charge in [-0.2, -0.15) is 0 Å². The molecule has 3 fully saturated rings. The van der Waals surface area contributed by atoms with E-state index in [0.717, 1.165) is 78.7 Å². The summed E-state index contributed by atoms with van der Waals surface area (Å²) in [5.74, 6) is 1.33. The number of benzene rings is 2. The smallest absolute Gasteiger partial charge is 0.253 e. The van der Waals surface area contributed by atoms with Crippen LogP contribution in [0.5, 0.6) is 0 Å². The second-order valence-electron chi connectivity index (χ2n) is 12.8.